The van der Waals surface area contributed by atoms with Crippen LogP contribution in [0.5, 0.6) is 0 Å². The van der Waals surface area contributed by atoms with Crippen molar-refractivity contribution in [3.8, 4) is 0 Å². The Morgan fingerprint density at radius 1 is 1.47 bits per heavy atom. The van der Waals surface area contributed by atoms with Crippen molar-refractivity contribution in [1.29, 1.82) is 0 Å². The van der Waals surface area contributed by atoms with E-state index in [1.165, 1.54) is 18.9 Å². The quantitative estimate of drug-likeness (QED) is 0.710. The summed E-state index contributed by atoms with van der Waals surface area (Å²) in [4.78, 5) is 37.8. The Balaban J connectivity index is 2.75. The lowest BCUT2D eigenvalue weighted by molar-refractivity contribution is -0.151. The van der Waals surface area contributed by atoms with E-state index in [-0.39, 0.29) is 11.8 Å². The average Bonchev–Trinajstić information content (AvgIpc) is 2.85. The maximum atomic E-state index is 12.3. The molecule has 0 aliphatic carbocycles. The molecule has 0 bridgehead atoms. The first-order valence-corrected chi connectivity index (χ1v) is 6.93. The van der Waals surface area contributed by atoms with Crippen LogP contribution in [0.15, 0.2) is 0 Å². The highest BCUT2D eigenvalue weighted by atomic mass is 32.1. The van der Waals surface area contributed by atoms with Crippen LogP contribution in [0.25, 0.3) is 0 Å². The lowest BCUT2D eigenvalue weighted by Gasteiger charge is -2.29. The molecule has 0 aromatic carbocycles. The van der Waals surface area contributed by atoms with Gasteiger partial charge < -0.3 is 14.9 Å². The summed E-state index contributed by atoms with van der Waals surface area (Å²) in [6.07, 6.45) is 1.66. The molecule has 7 heteroatoms. The number of nitrogens with zero attached hydrogens (tertiary/aromatic N) is 2. The maximum absolute atomic E-state index is 12.3. The van der Waals surface area contributed by atoms with Crippen LogP contribution in [-0.2, 0) is 14.4 Å². The van der Waals surface area contributed by atoms with Crippen molar-refractivity contribution in [2.45, 2.75) is 38.3 Å². The Morgan fingerprint density at radius 2 is 2.11 bits per heavy atom. The van der Waals surface area contributed by atoms with Crippen LogP contribution in [0.1, 0.15) is 26.2 Å². The highest BCUT2D eigenvalue weighted by Crippen LogP contribution is 2.21. The molecular weight excluding hydrogens is 268 g/mol. The predicted octanol–water partition coefficient (Wildman–Crippen LogP) is 0.229. The average molecular weight is 288 g/mol. The molecule has 19 heavy (non-hydrogen) atoms. The minimum atomic E-state index is -1.05. The largest absolute Gasteiger partial charge is 0.480 e. The number of likely N-dealkylation sites (tertiary alicyclic amines) is 1. The number of carboxylic acids is 1. The van der Waals surface area contributed by atoms with Crippen LogP contribution in [0, 0.1) is 0 Å². The van der Waals surface area contributed by atoms with Crippen LogP contribution < -0.4 is 0 Å². The Morgan fingerprint density at radius 3 is 2.63 bits per heavy atom. The first kappa shape index (κ1) is 15.8. The molecule has 1 saturated heterocycles. The molecule has 0 saturated carbocycles. The third-order valence-electron chi connectivity index (χ3n) is 3.47. The number of amides is 2. The summed E-state index contributed by atoms with van der Waals surface area (Å²) in [6, 6.07) is -1.42. The zero-order valence-electron chi connectivity index (χ0n) is 11.2. The molecule has 1 heterocycles. The van der Waals surface area contributed by atoms with E-state index in [4.69, 9.17) is 5.11 Å². The molecule has 0 spiro atoms. The zero-order chi connectivity index (χ0) is 14.6. The van der Waals surface area contributed by atoms with Gasteiger partial charge in [0.25, 0.3) is 0 Å². The Labute approximate surface area is 118 Å². The van der Waals surface area contributed by atoms with Gasteiger partial charge in [-0.05, 0) is 25.5 Å². The molecule has 1 N–H and O–H groups in total. The highest BCUT2D eigenvalue weighted by molar-refractivity contribution is 7.80. The molecule has 0 aromatic heterocycles. The van der Waals surface area contributed by atoms with E-state index in [0.717, 1.165) is 6.42 Å². The van der Waals surface area contributed by atoms with Crippen molar-refractivity contribution in [2.75, 3.05) is 19.3 Å². The maximum Gasteiger partial charge on any atom is 0.326 e. The van der Waals surface area contributed by atoms with E-state index in [0.29, 0.717) is 25.1 Å². The standard InChI is InChI=1S/C12H20N2O4S/c1-8(12(17)18)13(2)11(16)9-4-3-6-14(9)10(15)5-7-19/h8-9,19H,3-7H2,1-2H3,(H,17,18)/t8-,9-/m0/s1. The SMILES string of the molecule is C[C@@H](C(=O)O)N(C)C(=O)[C@@H]1CCCN1C(=O)CCS. The van der Waals surface area contributed by atoms with Crippen LogP contribution >= 0.6 is 12.6 Å². The number of thiol groups is 1. The van der Waals surface area contributed by atoms with E-state index in [1.54, 1.807) is 4.90 Å². The normalized spacial score (nSPS) is 20.2. The second kappa shape index (κ2) is 6.79. The van der Waals surface area contributed by atoms with Gasteiger partial charge >= 0.3 is 5.97 Å². The van der Waals surface area contributed by atoms with Crippen LogP contribution in [0.3, 0.4) is 0 Å². The monoisotopic (exact) mass is 288 g/mol. The lowest BCUT2D eigenvalue weighted by atomic mass is 10.1. The minimum Gasteiger partial charge on any atom is -0.480 e. The van der Waals surface area contributed by atoms with Gasteiger partial charge in [-0.25, -0.2) is 4.79 Å². The molecule has 6 nitrogen and oxygen atoms in total. The number of likely N-dealkylation sites (N-methyl/N-ethyl adjacent to an activating group) is 1. The minimum absolute atomic E-state index is 0.0952. The molecule has 2 amide bonds. The molecular formula is C12H20N2O4S. The number of hydrogen-bond donors (Lipinski definition) is 2. The summed E-state index contributed by atoms with van der Waals surface area (Å²) in [5.74, 6) is -1.01. The summed E-state index contributed by atoms with van der Waals surface area (Å²) in [7, 11) is 1.46. The molecule has 1 aliphatic rings. The summed E-state index contributed by atoms with van der Waals surface area (Å²) in [5.41, 5.74) is 0. The smallest absolute Gasteiger partial charge is 0.326 e. The fourth-order valence-corrected chi connectivity index (χ4v) is 2.34. The zero-order valence-corrected chi connectivity index (χ0v) is 12.1. The molecule has 108 valence electrons. The van der Waals surface area contributed by atoms with Crippen molar-refractivity contribution >= 4 is 30.4 Å². The van der Waals surface area contributed by atoms with Crippen molar-refractivity contribution in [1.82, 2.24) is 9.80 Å². The Bertz CT molecular complexity index is 375. The number of carboxylic acid groups (broad SMARTS) is 1. The van der Waals surface area contributed by atoms with Gasteiger partial charge in [-0.3, -0.25) is 9.59 Å². The summed E-state index contributed by atoms with van der Waals surface area (Å²) in [5, 5.41) is 8.92. The number of hydrogen-bond acceptors (Lipinski definition) is 4. The second-order valence-electron chi connectivity index (χ2n) is 4.68. The van der Waals surface area contributed by atoms with Crippen molar-refractivity contribution in [3.05, 3.63) is 0 Å². The van der Waals surface area contributed by atoms with Crippen LogP contribution in [0.4, 0.5) is 0 Å². The molecule has 1 aliphatic heterocycles. The van der Waals surface area contributed by atoms with Gasteiger partial charge in [0.2, 0.25) is 11.8 Å². The lowest BCUT2D eigenvalue weighted by Crippen LogP contribution is -2.50. The fourth-order valence-electron chi connectivity index (χ4n) is 2.15. The van der Waals surface area contributed by atoms with Gasteiger partial charge in [-0.1, -0.05) is 0 Å². The fraction of sp³-hybridized carbons (Fsp3) is 0.750. The van der Waals surface area contributed by atoms with Gasteiger partial charge in [0.15, 0.2) is 0 Å². The van der Waals surface area contributed by atoms with Crippen molar-refractivity contribution < 1.29 is 19.5 Å². The van der Waals surface area contributed by atoms with Crippen LogP contribution in [-0.4, -0.2) is 64.1 Å². The van der Waals surface area contributed by atoms with Gasteiger partial charge in [-0.15, -0.1) is 0 Å². The van der Waals surface area contributed by atoms with Gasteiger partial charge in [0.05, 0.1) is 0 Å². The first-order valence-electron chi connectivity index (χ1n) is 6.30. The molecule has 0 aromatic rings. The topological polar surface area (TPSA) is 77.9 Å². The van der Waals surface area contributed by atoms with E-state index in [1.807, 2.05) is 0 Å². The predicted molar refractivity (Wildman–Crippen MR) is 73.1 cm³/mol. The molecule has 1 rings (SSSR count). The third kappa shape index (κ3) is 3.62. The van der Waals surface area contributed by atoms with E-state index in [2.05, 4.69) is 12.6 Å². The number of carbonyl (C=O) groups excluding carboxylic acids is 2. The van der Waals surface area contributed by atoms with Crippen LogP contribution in [0.2, 0.25) is 0 Å². The molecule has 2 atom stereocenters. The Hall–Kier alpha value is -1.24. The number of aliphatic carboxylic acids is 1. The van der Waals surface area contributed by atoms with Crippen molar-refractivity contribution in [3.63, 3.8) is 0 Å². The summed E-state index contributed by atoms with van der Waals surface area (Å²) < 4.78 is 0. The molecule has 0 radical (unpaired) electrons. The van der Waals surface area contributed by atoms with Crippen molar-refractivity contribution in [2.24, 2.45) is 0 Å². The molecule has 0 unspecified atom stereocenters. The third-order valence-corrected chi connectivity index (χ3v) is 3.69. The summed E-state index contributed by atoms with van der Waals surface area (Å²) in [6.45, 7) is 2.01. The van der Waals surface area contributed by atoms with E-state index in [9.17, 15) is 14.4 Å². The number of rotatable bonds is 5. The molecule has 1 fully saturated rings. The second-order valence-corrected chi connectivity index (χ2v) is 5.13. The number of carbonyl (C=O) groups is 3. The Kier molecular flexibility index (Phi) is 5.65. The van der Waals surface area contributed by atoms with Gasteiger partial charge in [-0.2, -0.15) is 12.6 Å². The summed E-state index contributed by atoms with van der Waals surface area (Å²) >= 11 is 4.01. The first-order chi connectivity index (χ1) is 8.90. The highest BCUT2D eigenvalue weighted by Gasteiger charge is 2.37. The van der Waals surface area contributed by atoms with Gasteiger partial charge in [0, 0.05) is 20.0 Å². The van der Waals surface area contributed by atoms with E-state index >= 15 is 0 Å². The van der Waals surface area contributed by atoms with Gasteiger partial charge in [0.1, 0.15) is 12.1 Å². The van der Waals surface area contributed by atoms with E-state index < -0.39 is 18.1 Å².